The SMILES string of the molecule is N#Cc1ccc(-c2cncc3c2SC(C(=O)O)CC3)c2cccc(F)c12. The lowest BCUT2D eigenvalue weighted by Gasteiger charge is -2.23. The molecule has 1 unspecified atom stereocenters. The zero-order chi connectivity index (χ0) is 18.3. The van der Waals surface area contributed by atoms with E-state index < -0.39 is 17.0 Å². The monoisotopic (exact) mass is 364 g/mol. The van der Waals surface area contributed by atoms with Gasteiger partial charge in [0.2, 0.25) is 0 Å². The Labute approximate surface area is 153 Å². The summed E-state index contributed by atoms with van der Waals surface area (Å²) in [6, 6.07) is 10.1. The summed E-state index contributed by atoms with van der Waals surface area (Å²) in [6.07, 6.45) is 4.64. The van der Waals surface area contributed by atoms with Gasteiger partial charge in [-0.25, -0.2) is 4.39 Å². The van der Waals surface area contributed by atoms with Crippen LogP contribution in [0.4, 0.5) is 4.39 Å². The Morgan fingerprint density at radius 3 is 2.88 bits per heavy atom. The Kier molecular flexibility index (Phi) is 4.09. The van der Waals surface area contributed by atoms with Gasteiger partial charge in [0, 0.05) is 28.2 Å². The molecule has 0 aliphatic carbocycles. The molecule has 0 saturated carbocycles. The predicted octanol–water partition coefficient (Wildman–Crippen LogP) is 4.40. The van der Waals surface area contributed by atoms with Crippen molar-refractivity contribution in [2.75, 3.05) is 0 Å². The molecule has 0 saturated heterocycles. The fraction of sp³-hybridized carbons (Fsp3) is 0.150. The summed E-state index contributed by atoms with van der Waals surface area (Å²) in [5, 5.41) is 19.1. The number of aryl methyl sites for hydroxylation is 1. The van der Waals surface area contributed by atoms with Crippen molar-refractivity contribution in [1.29, 1.82) is 5.26 Å². The fourth-order valence-electron chi connectivity index (χ4n) is 3.35. The standard InChI is InChI=1S/C20H13FN2O2S/c21-16-3-1-2-14-13(6-4-11(8-22)18(14)16)15-10-23-9-12-5-7-17(20(24)25)26-19(12)15/h1-4,6,9-10,17H,5,7H2,(H,24,25). The number of aromatic nitrogens is 1. The molecule has 0 fully saturated rings. The third kappa shape index (κ3) is 2.61. The molecular formula is C20H13FN2O2S. The number of carboxylic acid groups (broad SMARTS) is 1. The molecule has 1 aliphatic rings. The van der Waals surface area contributed by atoms with E-state index in [0.29, 0.717) is 18.2 Å². The Balaban J connectivity index is 1.98. The topological polar surface area (TPSA) is 74.0 Å². The van der Waals surface area contributed by atoms with Crippen molar-refractivity contribution in [3.8, 4) is 17.2 Å². The van der Waals surface area contributed by atoms with Gasteiger partial charge in [-0.05, 0) is 41.5 Å². The molecule has 0 spiro atoms. The van der Waals surface area contributed by atoms with Crippen LogP contribution < -0.4 is 0 Å². The van der Waals surface area contributed by atoms with E-state index in [4.69, 9.17) is 0 Å². The Hall–Kier alpha value is -2.91. The van der Waals surface area contributed by atoms with Crippen molar-refractivity contribution in [2.24, 2.45) is 0 Å². The number of halogens is 1. The second-order valence-electron chi connectivity index (χ2n) is 6.09. The number of fused-ring (bicyclic) bond motifs is 2. The van der Waals surface area contributed by atoms with Crippen LogP contribution in [0.15, 0.2) is 47.6 Å². The van der Waals surface area contributed by atoms with Crippen molar-refractivity contribution in [1.82, 2.24) is 4.98 Å². The van der Waals surface area contributed by atoms with Gasteiger partial charge in [-0.2, -0.15) is 5.26 Å². The average Bonchev–Trinajstić information content (AvgIpc) is 2.66. The molecule has 26 heavy (non-hydrogen) atoms. The molecule has 0 bridgehead atoms. The van der Waals surface area contributed by atoms with Gasteiger partial charge < -0.3 is 5.11 Å². The molecule has 0 radical (unpaired) electrons. The average molecular weight is 364 g/mol. The molecule has 2 aromatic carbocycles. The van der Waals surface area contributed by atoms with E-state index in [0.717, 1.165) is 21.6 Å². The molecule has 3 aromatic rings. The summed E-state index contributed by atoms with van der Waals surface area (Å²) in [5.74, 6) is -1.28. The molecule has 1 atom stereocenters. The van der Waals surface area contributed by atoms with Crippen molar-refractivity contribution < 1.29 is 14.3 Å². The van der Waals surface area contributed by atoms with Gasteiger partial charge in [-0.15, -0.1) is 11.8 Å². The fourth-order valence-corrected chi connectivity index (χ4v) is 4.57. The highest BCUT2D eigenvalue weighted by Gasteiger charge is 2.28. The minimum Gasteiger partial charge on any atom is -0.480 e. The quantitative estimate of drug-likeness (QED) is 0.729. The van der Waals surface area contributed by atoms with Crippen LogP contribution in [-0.2, 0) is 11.2 Å². The summed E-state index contributed by atoms with van der Waals surface area (Å²) in [4.78, 5) is 16.6. The molecule has 1 aromatic heterocycles. The molecule has 128 valence electrons. The first kappa shape index (κ1) is 16.6. The van der Waals surface area contributed by atoms with Crippen LogP contribution >= 0.6 is 11.8 Å². The number of aliphatic carboxylic acids is 1. The van der Waals surface area contributed by atoms with E-state index in [-0.39, 0.29) is 10.9 Å². The van der Waals surface area contributed by atoms with Gasteiger partial charge in [0.1, 0.15) is 11.1 Å². The predicted molar refractivity (Wildman–Crippen MR) is 97.5 cm³/mol. The van der Waals surface area contributed by atoms with Crippen LogP contribution in [0.2, 0.25) is 0 Å². The van der Waals surface area contributed by atoms with Crippen molar-refractivity contribution >= 4 is 28.5 Å². The van der Waals surface area contributed by atoms with Crippen LogP contribution in [0.1, 0.15) is 17.5 Å². The largest absolute Gasteiger partial charge is 0.480 e. The lowest BCUT2D eigenvalue weighted by Crippen LogP contribution is -2.21. The number of hydrogen-bond acceptors (Lipinski definition) is 4. The number of nitrogens with zero attached hydrogens (tertiary/aromatic N) is 2. The third-order valence-corrected chi connectivity index (χ3v) is 6.02. The maximum atomic E-state index is 14.4. The number of pyridine rings is 1. The number of rotatable bonds is 2. The molecule has 1 aliphatic heterocycles. The Bertz CT molecular complexity index is 1090. The van der Waals surface area contributed by atoms with Crippen LogP contribution in [0, 0.1) is 17.1 Å². The number of nitriles is 1. The molecule has 2 heterocycles. The second-order valence-corrected chi connectivity index (χ2v) is 7.31. The lowest BCUT2D eigenvalue weighted by atomic mass is 9.94. The third-order valence-electron chi connectivity index (χ3n) is 4.58. The number of carboxylic acids is 1. The smallest absolute Gasteiger partial charge is 0.316 e. The normalized spacial score (nSPS) is 16.1. The summed E-state index contributed by atoms with van der Waals surface area (Å²) in [5.41, 5.74) is 2.80. The van der Waals surface area contributed by atoms with Gasteiger partial charge in [-0.1, -0.05) is 18.2 Å². The van der Waals surface area contributed by atoms with Crippen LogP contribution in [0.5, 0.6) is 0 Å². The number of carbonyl (C=O) groups is 1. The summed E-state index contributed by atoms with van der Waals surface area (Å²) in [6.45, 7) is 0. The molecule has 4 rings (SSSR count). The van der Waals surface area contributed by atoms with Gasteiger partial charge in [0.15, 0.2) is 0 Å². The highest BCUT2D eigenvalue weighted by Crippen LogP contribution is 2.43. The van der Waals surface area contributed by atoms with Crippen molar-refractivity contribution in [3.63, 3.8) is 0 Å². The molecule has 1 N–H and O–H groups in total. The molecule has 6 heteroatoms. The first-order valence-electron chi connectivity index (χ1n) is 8.08. The summed E-state index contributed by atoms with van der Waals surface area (Å²) < 4.78 is 14.4. The highest BCUT2D eigenvalue weighted by atomic mass is 32.2. The van der Waals surface area contributed by atoms with Gasteiger partial charge >= 0.3 is 5.97 Å². The van der Waals surface area contributed by atoms with Gasteiger partial charge in [0.05, 0.1) is 11.6 Å². The van der Waals surface area contributed by atoms with Crippen molar-refractivity contribution in [3.05, 3.63) is 59.7 Å². The van der Waals surface area contributed by atoms with Crippen LogP contribution in [-0.4, -0.2) is 21.3 Å². The number of benzene rings is 2. The van der Waals surface area contributed by atoms with E-state index in [1.807, 2.05) is 6.07 Å². The minimum absolute atomic E-state index is 0.274. The van der Waals surface area contributed by atoms with E-state index >= 15 is 0 Å². The summed E-state index contributed by atoms with van der Waals surface area (Å²) >= 11 is 1.31. The number of hydrogen-bond donors (Lipinski definition) is 1. The highest BCUT2D eigenvalue weighted by molar-refractivity contribution is 8.00. The van der Waals surface area contributed by atoms with Crippen LogP contribution in [0.3, 0.4) is 0 Å². The molecule has 0 amide bonds. The molecule has 4 nitrogen and oxygen atoms in total. The first-order valence-corrected chi connectivity index (χ1v) is 8.96. The first-order chi connectivity index (χ1) is 12.6. The minimum atomic E-state index is -0.834. The van der Waals surface area contributed by atoms with E-state index in [1.54, 1.807) is 36.7 Å². The van der Waals surface area contributed by atoms with E-state index in [2.05, 4.69) is 4.98 Å². The molecular weight excluding hydrogens is 351 g/mol. The summed E-state index contributed by atoms with van der Waals surface area (Å²) in [7, 11) is 0. The zero-order valence-corrected chi connectivity index (χ0v) is 14.4. The van der Waals surface area contributed by atoms with E-state index in [1.165, 1.54) is 17.8 Å². The van der Waals surface area contributed by atoms with Gasteiger partial charge in [0.25, 0.3) is 0 Å². The second kappa shape index (κ2) is 6.43. The maximum absolute atomic E-state index is 14.4. The van der Waals surface area contributed by atoms with Crippen LogP contribution in [0.25, 0.3) is 21.9 Å². The Morgan fingerprint density at radius 2 is 2.12 bits per heavy atom. The Morgan fingerprint density at radius 1 is 1.27 bits per heavy atom. The lowest BCUT2D eigenvalue weighted by molar-refractivity contribution is -0.136. The number of thioether (sulfide) groups is 1. The maximum Gasteiger partial charge on any atom is 0.316 e. The van der Waals surface area contributed by atoms with Gasteiger partial charge in [-0.3, -0.25) is 9.78 Å². The zero-order valence-electron chi connectivity index (χ0n) is 13.6. The van der Waals surface area contributed by atoms with Crippen molar-refractivity contribution in [2.45, 2.75) is 23.0 Å². The van der Waals surface area contributed by atoms with E-state index in [9.17, 15) is 19.6 Å².